The molecule has 3 aromatic rings. The summed E-state index contributed by atoms with van der Waals surface area (Å²) in [5, 5.41) is 5.37. The summed E-state index contributed by atoms with van der Waals surface area (Å²) in [7, 11) is 0. The Morgan fingerprint density at radius 1 is 1.19 bits per heavy atom. The number of hydrogen-bond acceptors (Lipinski definition) is 5. The van der Waals surface area contributed by atoms with Gasteiger partial charge in [0.15, 0.2) is 5.16 Å². The molecule has 0 spiro atoms. The van der Waals surface area contributed by atoms with Crippen LogP contribution in [0.25, 0.3) is 0 Å². The van der Waals surface area contributed by atoms with Gasteiger partial charge >= 0.3 is 0 Å². The van der Waals surface area contributed by atoms with Crippen molar-refractivity contribution in [1.29, 1.82) is 0 Å². The van der Waals surface area contributed by atoms with E-state index in [4.69, 9.17) is 0 Å². The Hall–Kier alpha value is -3.46. The van der Waals surface area contributed by atoms with Crippen molar-refractivity contribution in [1.82, 2.24) is 9.97 Å². The molecule has 0 aliphatic carbocycles. The fourth-order valence-electron chi connectivity index (χ4n) is 3.34. The summed E-state index contributed by atoms with van der Waals surface area (Å²) in [6, 6.07) is 13.6. The third kappa shape index (κ3) is 4.51. The molecule has 9 heteroatoms. The highest BCUT2D eigenvalue weighted by molar-refractivity contribution is 7.98. The largest absolute Gasteiger partial charge is 0.323 e. The number of nitrogens with zero attached hydrogens (tertiary/aromatic N) is 1. The summed E-state index contributed by atoms with van der Waals surface area (Å²) in [6.07, 6.45) is -0.228. The van der Waals surface area contributed by atoms with E-state index in [0.29, 0.717) is 10.9 Å². The average molecular weight is 438 g/mol. The number of amides is 2. The zero-order chi connectivity index (χ0) is 22.0. The van der Waals surface area contributed by atoms with Gasteiger partial charge in [0.05, 0.1) is 17.2 Å². The molecule has 1 aliphatic rings. The van der Waals surface area contributed by atoms with Gasteiger partial charge in [-0.15, -0.1) is 0 Å². The highest BCUT2D eigenvalue weighted by Crippen LogP contribution is 2.31. The monoisotopic (exact) mass is 438 g/mol. The first kappa shape index (κ1) is 20.8. The lowest BCUT2D eigenvalue weighted by Gasteiger charge is -2.23. The molecule has 7 nitrogen and oxygen atoms in total. The van der Waals surface area contributed by atoms with Gasteiger partial charge < -0.3 is 15.6 Å². The fraction of sp³-hybridized carbons (Fsp3) is 0.182. The number of halogens is 1. The number of nitrogens with one attached hydrogen (secondary N) is 3. The molecule has 158 valence electrons. The second-order valence-corrected chi connectivity index (χ2v) is 8.09. The number of carbonyl (C=O) groups is 2. The van der Waals surface area contributed by atoms with Crippen LogP contribution in [0.2, 0.25) is 0 Å². The van der Waals surface area contributed by atoms with Gasteiger partial charge in [0.2, 0.25) is 11.8 Å². The van der Waals surface area contributed by atoms with Crippen LogP contribution in [0, 0.1) is 12.7 Å². The summed E-state index contributed by atoms with van der Waals surface area (Å²) in [5.41, 5.74) is 1.75. The van der Waals surface area contributed by atoms with Crippen molar-refractivity contribution in [3.63, 3.8) is 0 Å². The first-order valence-electron chi connectivity index (χ1n) is 9.59. The predicted octanol–water partition coefficient (Wildman–Crippen LogP) is 3.57. The van der Waals surface area contributed by atoms with Gasteiger partial charge in [-0.25, -0.2) is 9.37 Å². The molecule has 0 bridgehead atoms. The lowest BCUT2D eigenvalue weighted by atomic mass is 9.92. The minimum absolute atomic E-state index is 0.0187. The first-order valence-corrected chi connectivity index (χ1v) is 10.6. The van der Waals surface area contributed by atoms with Crippen molar-refractivity contribution in [3.05, 3.63) is 81.4 Å². The van der Waals surface area contributed by atoms with Crippen LogP contribution in [0.4, 0.5) is 15.9 Å². The average Bonchev–Trinajstić information content (AvgIpc) is 2.74. The zero-order valence-electron chi connectivity index (χ0n) is 16.6. The molecule has 3 N–H and O–H groups in total. The Kier molecular flexibility index (Phi) is 5.85. The van der Waals surface area contributed by atoms with Crippen LogP contribution >= 0.6 is 11.8 Å². The lowest BCUT2D eigenvalue weighted by Crippen LogP contribution is -2.36. The van der Waals surface area contributed by atoms with E-state index in [1.165, 1.54) is 30.0 Å². The highest BCUT2D eigenvalue weighted by atomic mass is 32.2. The van der Waals surface area contributed by atoms with E-state index in [9.17, 15) is 18.8 Å². The van der Waals surface area contributed by atoms with E-state index in [-0.39, 0.29) is 23.5 Å². The minimum Gasteiger partial charge on any atom is -0.323 e. The molecular formula is C22H19FN4O3S. The number of fused-ring (bicyclic) bond motifs is 1. The maximum absolute atomic E-state index is 13.9. The molecule has 1 aromatic heterocycles. The van der Waals surface area contributed by atoms with Gasteiger partial charge in [0.1, 0.15) is 11.6 Å². The second kappa shape index (κ2) is 8.73. The third-order valence-electron chi connectivity index (χ3n) is 5.00. The highest BCUT2D eigenvalue weighted by Gasteiger charge is 2.35. The number of benzene rings is 2. The third-order valence-corrected chi connectivity index (χ3v) is 5.93. The van der Waals surface area contributed by atoms with Crippen molar-refractivity contribution in [2.24, 2.45) is 0 Å². The van der Waals surface area contributed by atoms with Crippen molar-refractivity contribution in [2.75, 3.05) is 10.6 Å². The smallest absolute Gasteiger partial charge is 0.257 e. The molecule has 0 unspecified atom stereocenters. The number of rotatable bonds is 5. The molecular weight excluding hydrogens is 419 g/mol. The first-order chi connectivity index (χ1) is 14.9. The van der Waals surface area contributed by atoms with Gasteiger partial charge in [0.25, 0.3) is 5.56 Å². The number of aromatic amines is 1. The Balaban J connectivity index is 1.59. The van der Waals surface area contributed by atoms with Crippen LogP contribution in [-0.2, 0) is 15.3 Å². The van der Waals surface area contributed by atoms with Crippen LogP contribution in [0.5, 0.6) is 0 Å². The number of carbonyl (C=O) groups excluding carboxylic acids is 2. The summed E-state index contributed by atoms with van der Waals surface area (Å²) in [5.74, 6) is -2.12. The fourth-order valence-corrected chi connectivity index (χ4v) is 4.28. The molecule has 2 aromatic carbocycles. The molecule has 2 amide bonds. The lowest BCUT2D eigenvalue weighted by molar-refractivity contribution is -0.123. The van der Waals surface area contributed by atoms with Gasteiger partial charge in [-0.2, -0.15) is 0 Å². The van der Waals surface area contributed by atoms with Crippen molar-refractivity contribution in [2.45, 2.75) is 30.2 Å². The number of hydrogen-bond donors (Lipinski definition) is 3. The maximum atomic E-state index is 13.9. The molecule has 0 saturated heterocycles. The van der Waals surface area contributed by atoms with Crippen LogP contribution in [-0.4, -0.2) is 21.8 Å². The van der Waals surface area contributed by atoms with E-state index in [0.717, 1.165) is 11.1 Å². The topological polar surface area (TPSA) is 104 Å². The van der Waals surface area contributed by atoms with E-state index in [2.05, 4.69) is 20.6 Å². The van der Waals surface area contributed by atoms with Crippen molar-refractivity contribution < 1.29 is 14.0 Å². The zero-order valence-corrected chi connectivity index (χ0v) is 17.4. The van der Waals surface area contributed by atoms with E-state index < -0.39 is 29.1 Å². The molecule has 0 fully saturated rings. The standard InChI is InChI=1S/C22H19FN4O3S/c1-12-6-2-3-7-13(12)11-31-22-26-19-18(21(30)27-22)14(10-17(28)25-19)20(29)24-16-9-5-4-8-15(16)23/h2-9,14H,10-11H2,1H3,(H,24,29)(H2,25,26,27,28,30)/t14-/m0/s1. The number of H-pyrrole nitrogens is 1. The Morgan fingerprint density at radius 3 is 2.71 bits per heavy atom. The normalized spacial score (nSPS) is 15.2. The van der Waals surface area contributed by atoms with Crippen molar-refractivity contribution in [3.8, 4) is 0 Å². The molecule has 31 heavy (non-hydrogen) atoms. The summed E-state index contributed by atoms with van der Waals surface area (Å²) >= 11 is 1.32. The maximum Gasteiger partial charge on any atom is 0.257 e. The predicted molar refractivity (Wildman–Crippen MR) is 117 cm³/mol. The van der Waals surface area contributed by atoms with Crippen LogP contribution in [0.1, 0.15) is 29.0 Å². The number of para-hydroxylation sites is 1. The Morgan fingerprint density at radius 2 is 1.94 bits per heavy atom. The molecule has 0 radical (unpaired) electrons. The molecule has 1 aliphatic heterocycles. The number of aryl methyl sites for hydroxylation is 1. The Labute approximate surface area is 181 Å². The summed E-state index contributed by atoms with van der Waals surface area (Å²) < 4.78 is 13.9. The quantitative estimate of drug-likeness (QED) is 0.417. The number of anilines is 2. The molecule has 2 heterocycles. The van der Waals surface area contributed by atoms with Crippen LogP contribution in [0.3, 0.4) is 0 Å². The van der Waals surface area contributed by atoms with Gasteiger partial charge in [-0.3, -0.25) is 14.4 Å². The molecule has 0 saturated carbocycles. The van der Waals surface area contributed by atoms with Crippen LogP contribution in [0.15, 0.2) is 58.5 Å². The van der Waals surface area contributed by atoms with Crippen LogP contribution < -0.4 is 16.2 Å². The molecule has 1 atom stereocenters. The van der Waals surface area contributed by atoms with E-state index in [1.54, 1.807) is 6.07 Å². The van der Waals surface area contributed by atoms with E-state index >= 15 is 0 Å². The van der Waals surface area contributed by atoms with Gasteiger partial charge in [-0.1, -0.05) is 48.2 Å². The second-order valence-electron chi connectivity index (χ2n) is 7.12. The number of thioether (sulfide) groups is 1. The summed E-state index contributed by atoms with van der Waals surface area (Å²) in [4.78, 5) is 44.8. The Bertz CT molecular complexity index is 1230. The molecule has 4 rings (SSSR count). The SMILES string of the molecule is Cc1ccccc1CSc1nc2c(c(=O)[nH]1)[C@@H](C(=O)Nc1ccccc1F)CC(=O)N2. The van der Waals surface area contributed by atoms with Crippen molar-refractivity contribution >= 4 is 35.1 Å². The van der Waals surface area contributed by atoms with Gasteiger partial charge in [0, 0.05) is 12.2 Å². The van der Waals surface area contributed by atoms with Gasteiger partial charge in [-0.05, 0) is 30.2 Å². The van der Waals surface area contributed by atoms with E-state index in [1.807, 2.05) is 31.2 Å². The minimum atomic E-state index is -1.07. The summed E-state index contributed by atoms with van der Waals surface area (Å²) in [6.45, 7) is 2.00. The number of aromatic nitrogens is 2.